The molecule has 2 heterocycles. The number of pyridine rings is 1. The van der Waals surface area contributed by atoms with Gasteiger partial charge < -0.3 is 4.74 Å². The maximum atomic E-state index is 12.7. The second kappa shape index (κ2) is 7.53. The molecule has 136 valence electrons. The Morgan fingerprint density at radius 3 is 2.54 bits per heavy atom. The van der Waals surface area contributed by atoms with Crippen LogP contribution in [-0.4, -0.2) is 25.5 Å². The molecule has 3 rings (SSSR count). The standard InChI is InChI=1S/C18H19N3O3S2/c1-12-8-16(24-3)17(9-13(12)2)26(22,23)20-10-15-11-25-18(21-15)14-4-6-19-7-5-14/h4-9,11,20H,10H2,1-3H3. The van der Waals surface area contributed by atoms with E-state index >= 15 is 0 Å². The van der Waals surface area contributed by atoms with Gasteiger partial charge in [-0.2, -0.15) is 0 Å². The van der Waals surface area contributed by atoms with Gasteiger partial charge in [0.1, 0.15) is 15.7 Å². The fourth-order valence-electron chi connectivity index (χ4n) is 2.39. The Morgan fingerprint density at radius 1 is 1.15 bits per heavy atom. The minimum atomic E-state index is -3.72. The number of methoxy groups -OCH3 is 1. The van der Waals surface area contributed by atoms with Crippen LogP contribution < -0.4 is 9.46 Å². The van der Waals surface area contributed by atoms with E-state index in [1.807, 2.05) is 31.4 Å². The van der Waals surface area contributed by atoms with Crippen LogP contribution in [0.2, 0.25) is 0 Å². The Labute approximate surface area is 157 Å². The molecule has 2 aromatic heterocycles. The van der Waals surface area contributed by atoms with E-state index in [1.54, 1.807) is 24.5 Å². The number of nitrogens with one attached hydrogen (secondary N) is 1. The van der Waals surface area contributed by atoms with Gasteiger partial charge in [0.2, 0.25) is 10.0 Å². The van der Waals surface area contributed by atoms with E-state index in [9.17, 15) is 8.42 Å². The first-order valence-corrected chi connectivity index (χ1v) is 10.3. The van der Waals surface area contributed by atoms with Gasteiger partial charge in [-0.3, -0.25) is 4.98 Å². The quantitative estimate of drug-likeness (QED) is 0.699. The van der Waals surface area contributed by atoms with E-state index < -0.39 is 10.0 Å². The summed E-state index contributed by atoms with van der Waals surface area (Å²) in [5.74, 6) is 0.330. The Morgan fingerprint density at radius 2 is 1.85 bits per heavy atom. The molecule has 0 fully saturated rings. The summed E-state index contributed by atoms with van der Waals surface area (Å²) in [6, 6.07) is 7.09. The largest absolute Gasteiger partial charge is 0.495 e. The molecular weight excluding hydrogens is 370 g/mol. The summed E-state index contributed by atoms with van der Waals surface area (Å²) in [7, 11) is -2.25. The number of hydrogen-bond acceptors (Lipinski definition) is 6. The van der Waals surface area contributed by atoms with Gasteiger partial charge in [0.25, 0.3) is 0 Å². The molecule has 0 bridgehead atoms. The van der Waals surface area contributed by atoms with Crippen molar-refractivity contribution < 1.29 is 13.2 Å². The minimum absolute atomic E-state index is 0.111. The highest BCUT2D eigenvalue weighted by Crippen LogP contribution is 2.28. The highest BCUT2D eigenvalue weighted by molar-refractivity contribution is 7.89. The average Bonchev–Trinajstić information content (AvgIpc) is 3.12. The van der Waals surface area contributed by atoms with Crippen LogP contribution in [0.25, 0.3) is 10.6 Å². The predicted octanol–water partition coefficient (Wildman–Crippen LogP) is 3.31. The van der Waals surface area contributed by atoms with Gasteiger partial charge in [0, 0.05) is 23.3 Å². The van der Waals surface area contributed by atoms with Crippen molar-refractivity contribution in [1.29, 1.82) is 0 Å². The number of ether oxygens (including phenoxy) is 1. The minimum Gasteiger partial charge on any atom is -0.495 e. The van der Waals surface area contributed by atoms with Crippen LogP contribution in [-0.2, 0) is 16.6 Å². The third kappa shape index (κ3) is 3.92. The molecule has 0 atom stereocenters. The molecule has 8 heteroatoms. The van der Waals surface area contributed by atoms with Crippen LogP contribution >= 0.6 is 11.3 Å². The summed E-state index contributed by atoms with van der Waals surface area (Å²) in [5.41, 5.74) is 3.48. The number of hydrogen-bond donors (Lipinski definition) is 1. The molecule has 0 aliphatic rings. The predicted molar refractivity (Wildman–Crippen MR) is 102 cm³/mol. The zero-order chi connectivity index (χ0) is 18.7. The molecule has 0 radical (unpaired) electrons. The lowest BCUT2D eigenvalue weighted by molar-refractivity contribution is 0.401. The normalized spacial score (nSPS) is 11.5. The zero-order valence-electron chi connectivity index (χ0n) is 14.7. The molecule has 3 aromatic rings. The van der Waals surface area contributed by atoms with E-state index in [1.165, 1.54) is 18.4 Å². The van der Waals surface area contributed by atoms with Gasteiger partial charge in [-0.15, -0.1) is 11.3 Å². The van der Waals surface area contributed by atoms with Gasteiger partial charge in [0.05, 0.1) is 19.3 Å². The first kappa shape index (κ1) is 18.5. The number of thiazole rings is 1. The van der Waals surface area contributed by atoms with E-state index in [2.05, 4.69) is 14.7 Å². The van der Waals surface area contributed by atoms with Gasteiger partial charge in [-0.1, -0.05) is 0 Å². The van der Waals surface area contributed by atoms with Crippen LogP contribution in [0.5, 0.6) is 5.75 Å². The molecular formula is C18H19N3O3S2. The van der Waals surface area contributed by atoms with Gasteiger partial charge in [0.15, 0.2) is 0 Å². The van der Waals surface area contributed by atoms with Crippen molar-refractivity contribution in [2.45, 2.75) is 25.3 Å². The fourth-order valence-corrected chi connectivity index (χ4v) is 4.45. The lowest BCUT2D eigenvalue weighted by Crippen LogP contribution is -2.24. The lowest BCUT2D eigenvalue weighted by atomic mass is 10.1. The molecule has 0 saturated heterocycles. The van der Waals surface area contributed by atoms with E-state index in [0.29, 0.717) is 11.4 Å². The number of rotatable bonds is 6. The van der Waals surface area contributed by atoms with Crippen LogP contribution in [0.3, 0.4) is 0 Å². The lowest BCUT2D eigenvalue weighted by Gasteiger charge is -2.12. The molecule has 0 amide bonds. The van der Waals surface area contributed by atoms with Crippen molar-refractivity contribution in [2.24, 2.45) is 0 Å². The molecule has 1 N–H and O–H groups in total. The maximum Gasteiger partial charge on any atom is 0.244 e. The Balaban J connectivity index is 1.79. The highest BCUT2D eigenvalue weighted by Gasteiger charge is 2.21. The molecule has 0 saturated carbocycles. The van der Waals surface area contributed by atoms with Crippen LogP contribution in [0.15, 0.2) is 46.9 Å². The second-order valence-electron chi connectivity index (χ2n) is 5.79. The van der Waals surface area contributed by atoms with Crippen LogP contribution in [0, 0.1) is 13.8 Å². The highest BCUT2D eigenvalue weighted by atomic mass is 32.2. The third-order valence-electron chi connectivity index (χ3n) is 3.99. The Hall–Kier alpha value is -2.29. The Bertz CT molecular complexity index is 1020. The number of benzene rings is 1. The monoisotopic (exact) mass is 389 g/mol. The van der Waals surface area contributed by atoms with Crippen molar-refractivity contribution in [3.8, 4) is 16.3 Å². The molecule has 0 spiro atoms. The molecule has 1 aromatic carbocycles. The topological polar surface area (TPSA) is 81.2 Å². The molecule has 0 aliphatic heterocycles. The second-order valence-corrected chi connectivity index (χ2v) is 8.39. The van der Waals surface area contributed by atoms with Crippen molar-refractivity contribution in [2.75, 3.05) is 7.11 Å². The fraction of sp³-hybridized carbons (Fsp3) is 0.222. The van der Waals surface area contributed by atoms with Gasteiger partial charge >= 0.3 is 0 Å². The molecule has 6 nitrogen and oxygen atoms in total. The summed E-state index contributed by atoms with van der Waals surface area (Å²) in [5, 5.41) is 2.67. The van der Waals surface area contributed by atoms with E-state index in [4.69, 9.17) is 4.74 Å². The summed E-state index contributed by atoms with van der Waals surface area (Å²) in [4.78, 5) is 8.60. The van der Waals surface area contributed by atoms with Crippen molar-refractivity contribution >= 4 is 21.4 Å². The smallest absolute Gasteiger partial charge is 0.244 e. The van der Waals surface area contributed by atoms with Crippen molar-refractivity contribution in [3.05, 3.63) is 58.9 Å². The van der Waals surface area contributed by atoms with Gasteiger partial charge in [-0.25, -0.2) is 18.1 Å². The maximum absolute atomic E-state index is 12.7. The molecule has 0 aliphatic carbocycles. The first-order valence-electron chi connectivity index (χ1n) is 7.90. The summed E-state index contributed by atoms with van der Waals surface area (Å²) in [6.07, 6.45) is 3.40. The summed E-state index contributed by atoms with van der Waals surface area (Å²) in [6.45, 7) is 3.90. The Kier molecular flexibility index (Phi) is 5.36. The zero-order valence-corrected chi connectivity index (χ0v) is 16.3. The number of nitrogens with zero attached hydrogens (tertiary/aromatic N) is 2. The number of aryl methyl sites for hydroxylation is 2. The number of sulfonamides is 1. The van der Waals surface area contributed by atoms with Crippen molar-refractivity contribution in [1.82, 2.24) is 14.7 Å². The van der Waals surface area contributed by atoms with E-state index in [0.717, 1.165) is 21.7 Å². The first-order chi connectivity index (χ1) is 12.4. The SMILES string of the molecule is COc1cc(C)c(C)cc1S(=O)(=O)NCc1csc(-c2ccncc2)n1. The molecule has 26 heavy (non-hydrogen) atoms. The van der Waals surface area contributed by atoms with Gasteiger partial charge in [-0.05, 0) is 49.2 Å². The van der Waals surface area contributed by atoms with Crippen LogP contribution in [0.4, 0.5) is 0 Å². The summed E-state index contributed by atoms with van der Waals surface area (Å²) >= 11 is 1.46. The van der Waals surface area contributed by atoms with E-state index in [-0.39, 0.29) is 11.4 Å². The number of aromatic nitrogens is 2. The van der Waals surface area contributed by atoms with Crippen molar-refractivity contribution in [3.63, 3.8) is 0 Å². The molecule has 0 unspecified atom stereocenters. The summed E-state index contributed by atoms with van der Waals surface area (Å²) < 4.78 is 33.2. The third-order valence-corrected chi connectivity index (χ3v) is 6.35. The van der Waals surface area contributed by atoms with Crippen LogP contribution in [0.1, 0.15) is 16.8 Å². The average molecular weight is 390 g/mol.